The molecule has 0 bridgehead atoms. The van der Waals surface area contributed by atoms with Crippen LogP contribution in [0, 0.1) is 11.2 Å². The molecule has 0 radical (unpaired) electrons. The topological polar surface area (TPSA) is 50.4 Å². The molecule has 1 fully saturated rings. The van der Waals surface area contributed by atoms with Gasteiger partial charge in [-0.15, -0.1) is 12.4 Å². The Morgan fingerprint density at radius 3 is 2.50 bits per heavy atom. The number of piperidine rings is 1. The van der Waals surface area contributed by atoms with Crippen LogP contribution in [0.25, 0.3) is 0 Å². The number of alkyl halides is 3. The Labute approximate surface area is 143 Å². The van der Waals surface area contributed by atoms with E-state index >= 15 is 0 Å². The van der Waals surface area contributed by atoms with Gasteiger partial charge >= 0.3 is 6.18 Å². The van der Waals surface area contributed by atoms with Gasteiger partial charge in [0.15, 0.2) is 0 Å². The third kappa shape index (κ3) is 4.58. The number of anilines is 1. The van der Waals surface area contributed by atoms with Crippen LogP contribution in [-0.2, 0) is 15.7 Å². The summed E-state index contributed by atoms with van der Waals surface area (Å²) in [5, 5.41) is 5.58. The molecule has 9 heteroatoms. The minimum Gasteiger partial charge on any atom is -0.384 e. The lowest BCUT2D eigenvalue weighted by molar-refractivity contribution is -0.140. The van der Waals surface area contributed by atoms with Crippen LogP contribution in [-0.4, -0.2) is 32.7 Å². The smallest absolute Gasteiger partial charge is 0.384 e. The first-order valence-electron chi connectivity index (χ1n) is 7.16. The highest BCUT2D eigenvalue weighted by molar-refractivity contribution is 5.95. The third-order valence-corrected chi connectivity index (χ3v) is 3.99. The average Bonchev–Trinajstić information content (AvgIpc) is 2.49. The molecular formula is C15H19ClF4N2O2. The number of methoxy groups -OCH3 is 1. The van der Waals surface area contributed by atoms with E-state index in [1.807, 2.05) is 0 Å². The summed E-state index contributed by atoms with van der Waals surface area (Å²) in [7, 11) is 1.47. The largest absolute Gasteiger partial charge is 0.419 e. The molecular weight excluding hydrogens is 352 g/mol. The van der Waals surface area contributed by atoms with Crippen molar-refractivity contribution in [1.82, 2.24) is 5.32 Å². The van der Waals surface area contributed by atoms with Crippen molar-refractivity contribution in [2.24, 2.45) is 5.41 Å². The summed E-state index contributed by atoms with van der Waals surface area (Å²) < 4.78 is 56.6. The van der Waals surface area contributed by atoms with Gasteiger partial charge < -0.3 is 15.4 Å². The number of hydrogen-bond acceptors (Lipinski definition) is 3. The number of halogens is 5. The maximum absolute atomic E-state index is 13.3. The highest BCUT2D eigenvalue weighted by Gasteiger charge is 2.40. The van der Waals surface area contributed by atoms with Gasteiger partial charge in [-0.05, 0) is 44.1 Å². The van der Waals surface area contributed by atoms with Gasteiger partial charge in [0.1, 0.15) is 5.82 Å². The van der Waals surface area contributed by atoms with E-state index in [9.17, 15) is 22.4 Å². The summed E-state index contributed by atoms with van der Waals surface area (Å²) in [5.41, 5.74) is -2.29. The maximum Gasteiger partial charge on any atom is 0.419 e. The molecule has 1 saturated heterocycles. The quantitative estimate of drug-likeness (QED) is 0.800. The van der Waals surface area contributed by atoms with Crippen LogP contribution in [0.15, 0.2) is 18.2 Å². The molecule has 0 saturated carbocycles. The fourth-order valence-electron chi connectivity index (χ4n) is 2.70. The van der Waals surface area contributed by atoms with Gasteiger partial charge in [0.05, 0.1) is 17.6 Å². The van der Waals surface area contributed by atoms with E-state index in [1.54, 1.807) is 0 Å². The standard InChI is InChI=1S/C15H18F4N2O2.ClH/c1-23-9-14(4-6-20-7-5-14)13(22)21-10-2-3-12(16)11(8-10)15(17,18)19;/h2-3,8,20H,4-7,9H2,1H3,(H,21,22);1H. The molecule has 4 nitrogen and oxygen atoms in total. The number of hydrogen-bond donors (Lipinski definition) is 2. The number of nitrogens with one attached hydrogen (secondary N) is 2. The van der Waals surface area contributed by atoms with Crippen molar-refractivity contribution in [3.05, 3.63) is 29.6 Å². The molecule has 0 unspecified atom stereocenters. The summed E-state index contributed by atoms with van der Waals surface area (Å²) in [6, 6.07) is 2.42. The Balaban J connectivity index is 0.00000288. The average molecular weight is 371 g/mol. The van der Waals surface area contributed by atoms with Crippen molar-refractivity contribution in [2.75, 3.05) is 32.1 Å². The van der Waals surface area contributed by atoms with Gasteiger partial charge in [-0.2, -0.15) is 13.2 Å². The van der Waals surface area contributed by atoms with Crippen LogP contribution in [0.1, 0.15) is 18.4 Å². The summed E-state index contributed by atoms with van der Waals surface area (Å²) in [5.74, 6) is -1.79. The fourth-order valence-corrected chi connectivity index (χ4v) is 2.70. The molecule has 136 valence electrons. The molecule has 2 rings (SSSR count). The highest BCUT2D eigenvalue weighted by atomic mass is 35.5. The van der Waals surface area contributed by atoms with Crippen molar-refractivity contribution in [1.29, 1.82) is 0 Å². The predicted molar refractivity (Wildman–Crippen MR) is 83.7 cm³/mol. The van der Waals surface area contributed by atoms with E-state index in [4.69, 9.17) is 4.74 Å². The van der Waals surface area contributed by atoms with E-state index in [0.29, 0.717) is 38.1 Å². The Bertz CT molecular complexity index is 570. The first kappa shape index (κ1) is 20.7. The van der Waals surface area contributed by atoms with E-state index in [0.717, 1.165) is 6.07 Å². The first-order chi connectivity index (χ1) is 10.8. The fraction of sp³-hybridized carbons (Fsp3) is 0.533. The second-order valence-electron chi connectivity index (χ2n) is 5.61. The minimum absolute atomic E-state index is 0. The van der Waals surface area contributed by atoms with Crippen molar-refractivity contribution < 1.29 is 27.1 Å². The number of carbonyl (C=O) groups is 1. The summed E-state index contributed by atoms with van der Waals surface area (Å²) in [6.45, 7) is 1.41. The molecule has 0 aromatic heterocycles. The number of ether oxygens (including phenoxy) is 1. The molecule has 1 aromatic rings. The van der Waals surface area contributed by atoms with Crippen LogP contribution in [0.5, 0.6) is 0 Å². The van der Waals surface area contributed by atoms with Crippen LogP contribution < -0.4 is 10.6 Å². The maximum atomic E-state index is 13.3. The van der Waals surface area contributed by atoms with Gasteiger partial charge in [-0.3, -0.25) is 4.79 Å². The van der Waals surface area contributed by atoms with E-state index in [1.165, 1.54) is 7.11 Å². The molecule has 2 N–H and O–H groups in total. The lowest BCUT2D eigenvalue weighted by Gasteiger charge is -2.35. The highest BCUT2D eigenvalue weighted by Crippen LogP contribution is 2.34. The molecule has 1 aliphatic heterocycles. The number of amides is 1. The molecule has 1 aliphatic rings. The molecule has 0 atom stereocenters. The van der Waals surface area contributed by atoms with Crippen LogP contribution in [0.2, 0.25) is 0 Å². The third-order valence-electron chi connectivity index (χ3n) is 3.99. The Kier molecular flexibility index (Phi) is 7.00. The second-order valence-corrected chi connectivity index (χ2v) is 5.61. The zero-order chi connectivity index (χ0) is 17.1. The monoisotopic (exact) mass is 370 g/mol. The van der Waals surface area contributed by atoms with E-state index < -0.39 is 28.9 Å². The van der Waals surface area contributed by atoms with Gasteiger partial charge in [-0.1, -0.05) is 0 Å². The zero-order valence-corrected chi connectivity index (χ0v) is 13.8. The first-order valence-corrected chi connectivity index (χ1v) is 7.16. The normalized spacial score (nSPS) is 17.0. The lowest BCUT2D eigenvalue weighted by Crippen LogP contribution is -2.47. The summed E-state index contributed by atoms with van der Waals surface area (Å²) >= 11 is 0. The number of rotatable bonds is 4. The molecule has 1 amide bonds. The predicted octanol–water partition coefficient (Wildman–Crippen LogP) is 3.22. The molecule has 1 heterocycles. The zero-order valence-electron chi connectivity index (χ0n) is 13.0. The van der Waals surface area contributed by atoms with Crippen LogP contribution in [0.4, 0.5) is 23.2 Å². The molecule has 24 heavy (non-hydrogen) atoms. The Morgan fingerprint density at radius 1 is 1.33 bits per heavy atom. The number of carbonyl (C=O) groups excluding carboxylic acids is 1. The van der Waals surface area contributed by atoms with Crippen molar-refractivity contribution in [3.63, 3.8) is 0 Å². The van der Waals surface area contributed by atoms with Gasteiger partial charge in [0.25, 0.3) is 0 Å². The molecule has 1 aromatic carbocycles. The SMILES string of the molecule is COCC1(C(=O)Nc2ccc(F)c(C(F)(F)F)c2)CCNCC1.Cl. The van der Waals surface area contributed by atoms with Gasteiger partial charge in [0.2, 0.25) is 5.91 Å². The van der Waals surface area contributed by atoms with Gasteiger partial charge in [0, 0.05) is 12.8 Å². The van der Waals surface area contributed by atoms with Crippen molar-refractivity contribution in [2.45, 2.75) is 19.0 Å². The number of benzene rings is 1. The van der Waals surface area contributed by atoms with E-state index in [2.05, 4.69) is 10.6 Å². The van der Waals surface area contributed by atoms with Crippen LogP contribution >= 0.6 is 12.4 Å². The van der Waals surface area contributed by atoms with Gasteiger partial charge in [-0.25, -0.2) is 4.39 Å². The lowest BCUT2D eigenvalue weighted by atomic mass is 9.78. The second kappa shape index (κ2) is 8.13. The van der Waals surface area contributed by atoms with E-state index in [-0.39, 0.29) is 24.7 Å². The van der Waals surface area contributed by atoms with Crippen molar-refractivity contribution >= 4 is 24.0 Å². The summed E-state index contributed by atoms with van der Waals surface area (Å²) in [4.78, 5) is 12.5. The van der Waals surface area contributed by atoms with Crippen molar-refractivity contribution in [3.8, 4) is 0 Å². The Morgan fingerprint density at radius 2 is 1.96 bits per heavy atom. The Hall–Kier alpha value is -1.38. The van der Waals surface area contributed by atoms with Crippen LogP contribution in [0.3, 0.4) is 0 Å². The molecule has 0 aliphatic carbocycles. The molecule has 0 spiro atoms. The minimum atomic E-state index is -4.82. The summed E-state index contributed by atoms with van der Waals surface area (Å²) in [6.07, 6.45) is -3.79.